The van der Waals surface area contributed by atoms with E-state index >= 15 is 0 Å². The first kappa shape index (κ1) is 19.0. The molecule has 0 spiro atoms. The van der Waals surface area contributed by atoms with E-state index < -0.39 is 5.91 Å². The van der Waals surface area contributed by atoms with Crippen LogP contribution >= 0.6 is 23.2 Å². The Morgan fingerprint density at radius 2 is 1.93 bits per heavy atom. The molecule has 0 saturated heterocycles. The van der Waals surface area contributed by atoms with Crippen LogP contribution in [0.4, 0.5) is 5.69 Å². The quantitative estimate of drug-likeness (QED) is 0.670. The summed E-state index contributed by atoms with van der Waals surface area (Å²) in [6.07, 6.45) is 0. The summed E-state index contributed by atoms with van der Waals surface area (Å²) in [7, 11) is 3.89. The number of nitrogens with one attached hydrogen (secondary N) is 1. The summed E-state index contributed by atoms with van der Waals surface area (Å²) < 4.78 is 5.10. The summed E-state index contributed by atoms with van der Waals surface area (Å²) in [6, 6.07) is 10.6. The first-order valence-corrected chi connectivity index (χ1v) is 8.67. The molecule has 7 nitrogen and oxygen atoms in total. The molecular weight excluding hydrogens is 391 g/mol. The number of hydrogen-bond donors (Lipinski definition) is 2. The maximum Gasteiger partial charge on any atom is 0.292 e. The van der Waals surface area contributed by atoms with Gasteiger partial charge in [0, 0.05) is 31.9 Å². The van der Waals surface area contributed by atoms with Gasteiger partial charge in [0.2, 0.25) is 0 Å². The van der Waals surface area contributed by atoms with Gasteiger partial charge >= 0.3 is 0 Å². The van der Waals surface area contributed by atoms with Crippen LogP contribution in [0.15, 0.2) is 40.9 Å². The fourth-order valence-corrected chi connectivity index (χ4v) is 2.82. The second-order valence-electron chi connectivity index (χ2n) is 5.96. The Balaban J connectivity index is 1.71. The van der Waals surface area contributed by atoms with Crippen molar-refractivity contribution in [2.45, 2.75) is 6.54 Å². The van der Waals surface area contributed by atoms with E-state index in [1.165, 1.54) is 12.1 Å². The Morgan fingerprint density at radius 1 is 1.22 bits per heavy atom. The van der Waals surface area contributed by atoms with Crippen LogP contribution in [0, 0.1) is 0 Å². The van der Waals surface area contributed by atoms with Gasteiger partial charge in [-0.3, -0.25) is 4.79 Å². The van der Waals surface area contributed by atoms with E-state index in [1.807, 2.05) is 43.3 Å². The number of amides is 1. The molecule has 0 radical (unpaired) electrons. The topological polar surface area (TPSA) is 91.5 Å². The number of aromatic hydroxyl groups is 1. The number of hydrogen-bond acceptors (Lipinski definition) is 6. The van der Waals surface area contributed by atoms with E-state index in [0.29, 0.717) is 12.1 Å². The number of rotatable bonds is 5. The average Bonchev–Trinajstić information content (AvgIpc) is 3.14. The molecule has 3 rings (SSSR count). The van der Waals surface area contributed by atoms with Gasteiger partial charge in [-0.2, -0.15) is 4.98 Å². The second kappa shape index (κ2) is 7.85. The van der Waals surface area contributed by atoms with Gasteiger partial charge in [0.25, 0.3) is 17.6 Å². The molecule has 27 heavy (non-hydrogen) atoms. The van der Waals surface area contributed by atoms with Gasteiger partial charge in [0.1, 0.15) is 0 Å². The largest absolute Gasteiger partial charge is 0.505 e. The number of aromatic nitrogens is 2. The Bertz CT molecular complexity index is 965. The highest BCUT2D eigenvalue weighted by Crippen LogP contribution is 2.35. The summed E-state index contributed by atoms with van der Waals surface area (Å²) in [6.45, 7) is 0.321. The zero-order chi connectivity index (χ0) is 19.6. The van der Waals surface area contributed by atoms with Crippen molar-refractivity contribution in [1.82, 2.24) is 15.5 Å². The predicted molar refractivity (Wildman–Crippen MR) is 103 cm³/mol. The number of nitrogens with zero attached hydrogens (tertiary/aromatic N) is 3. The summed E-state index contributed by atoms with van der Waals surface area (Å²) in [4.78, 5) is 18.3. The second-order valence-corrected chi connectivity index (χ2v) is 6.77. The molecule has 2 aromatic carbocycles. The fraction of sp³-hybridized carbons (Fsp3) is 0.167. The third kappa shape index (κ3) is 4.32. The van der Waals surface area contributed by atoms with Gasteiger partial charge in [-0.15, -0.1) is 0 Å². The zero-order valence-corrected chi connectivity index (χ0v) is 16.0. The molecule has 0 atom stereocenters. The molecule has 1 amide bonds. The van der Waals surface area contributed by atoms with Crippen molar-refractivity contribution >= 4 is 34.8 Å². The average molecular weight is 407 g/mol. The smallest absolute Gasteiger partial charge is 0.292 e. The Kier molecular flexibility index (Phi) is 5.53. The van der Waals surface area contributed by atoms with Crippen LogP contribution in [-0.4, -0.2) is 35.2 Å². The number of anilines is 1. The van der Waals surface area contributed by atoms with Crippen LogP contribution in [0.5, 0.6) is 5.75 Å². The molecule has 0 aliphatic rings. The van der Waals surface area contributed by atoms with Crippen LogP contribution < -0.4 is 10.2 Å². The van der Waals surface area contributed by atoms with Crippen LogP contribution in [0.2, 0.25) is 10.0 Å². The molecule has 0 bridgehead atoms. The van der Waals surface area contributed by atoms with Crippen molar-refractivity contribution in [3.8, 4) is 17.2 Å². The van der Waals surface area contributed by atoms with E-state index in [4.69, 9.17) is 27.7 Å². The summed E-state index contributed by atoms with van der Waals surface area (Å²) >= 11 is 11.8. The lowest BCUT2D eigenvalue weighted by atomic mass is 10.2. The van der Waals surface area contributed by atoms with E-state index in [-0.39, 0.29) is 27.5 Å². The van der Waals surface area contributed by atoms with Crippen molar-refractivity contribution in [2.75, 3.05) is 19.0 Å². The lowest BCUT2D eigenvalue weighted by molar-refractivity contribution is 0.0937. The van der Waals surface area contributed by atoms with Crippen molar-refractivity contribution < 1.29 is 14.4 Å². The third-order valence-electron chi connectivity index (χ3n) is 3.77. The molecule has 3 aromatic rings. The van der Waals surface area contributed by atoms with Gasteiger partial charge in [-0.25, -0.2) is 0 Å². The summed E-state index contributed by atoms with van der Waals surface area (Å²) in [5.41, 5.74) is 2.37. The van der Waals surface area contributed by atoms with E-state index in [2.05, 4.69) is 15.5 Å². The molecule has 0 fully saturated rings. The first-order chi connectivity index (χ1) is 12.8. The van der Waals surface area contributed by atoms with Crippen molar-refractivity contribution in [1.29, 1.82) is 0 Å². The minimum absolute atomic E-state index is 0.0440. The standard InChI is InChI=1S/C18H16Cl2N4O3/c1-24(2)12-5-3-4-10(6-12)9-21-17(26)16-22-18(27-23-16)11-7-13(19)15(25)14(20)8-11/h3-8,25H,9H2,1-2H3,(H,21,26). The van der Waals surface area contributed by atoms with Crippen LogP contribution in [-0.2, 0) is 6.54 Å². The van der Waals surface area contributed by atoms with Crippen molar-refractivity contribution in [3.05, 3.63) is 57.8 Å². The number of phenolic OH excluding ortho intramolecular Hbond substituents is 1. The monoisotopic (exact) mass is 406 g/mol. The Labute approximate surface area is 165 Å². The van der Waals surface area contributed by atoms with Gasteiger partial charge < -0.3 is 19.8 Å². The number of carbonyl (C=O) groups is 1. The number of benzene rings is 2. The molecule has 1 aromatic heterocycles. The van der Waals surface area contributed by atoms with Crippen LogP contribution in [0.25, 0.3) is 11.5 Å². The molecule has 0 saturated carbocycles. The van der Waals surface area contributed by atoms with Crippen molar-refractivity contribution in [3.63, 3.8) is 0 Å². The fourth-order valence-electron chi connectivity index (χ4n) is 2.33. The minimum atomic E-state index is -0.476. The predicted octanol–water partition coefficient (Wildman–Crippen LogP) is 3.75. The summed E-state index contributed by atoms with van der Waals surface area (Å²) in [5.74, 6) is -0.761. The molecule has 2 N–H and O–H groups in total. The number of phenols is 1. The molecule has 9 heteroatoms. The Morgan fingerprint density at radius 3 is 2.59 bits per heavy atom. The lowest BCUT2D eigenvalue weighted by Crippen LogP contribution is -2.24. The number of halogens is 2. The molecular formula is C18H16Cl2N4O3. The maximum atomic E-state index is 12.3. The van der Waals surface area contributed by atoms with Crippen LogP contribution in [0.3, 0.4) is 0 Å². The van der Waals surface area contributed by atoms with Gasteiger partial charge in [-0.05, 0) is 29.8 Å². The van der Waals surface area contributed by atoms with E-state index in [1.54, 1.807) is 0 Å². The zero-order valence-electron chi connectivity index (χ0n) is 14.5. The van der Waals surface area contributed by atoms with E-state index in [0.717, 1.165) is 11.3 Å². The highest BCUT2D eigenvalue weighted by Gasteiger charge is 2.17. The van der Waals surface area contributed by atoms with Crippen molar-refractivity contribution in [2.24, 2.45) is 0 Å². The lowest BCUT2D eigenvalue weighted by Gasteiger charge is -2.13. The van der Waals surface area contributed by atoms with E-state index in [9.17, 15) is 9.90 Å². The molecule has 1 heterocycles. The molecule has 140 valence electrons. The van der Waals surface area contributed by atoms with Gasteiger partial charge in [0.15, 0.2) is 5.75 Å². The SMILES string of the molecule is CN(C)c1cccc(CNC(=O)c2noc(-c3cc(Cl)c(O)c(Cl)c3)n2)c1. The highest BCUT2D eigenvalue weighted by molar-refractivity contribution is 6.37. The molecule has 0 unspecified atom stereocenters. The molecule has 0 aliphatic heterocycles. The normalized spacial score (nSPS) is 10.7. The highest BCUT2D eigenvalue weighted by atomic mass is 35.5. The van der Waals surface area contributed by atoms with Crippen LogP contribution in [0.1, 0.15) is 16.2 Å². The Hall–Kier alpha value is -2.77. The maximum absolute atomic E-state index is 12.3. The first-order valence-electron chi connectivity index (χ1n) is 7.91. The minimum Gasteiger partial charge on any atom is -0.505 e. The third-order valence-corrected chi connectivity index (χ3v) is 4.35. The summed E-state index contributed by atoms with van der Waals surface area (Å²) in [5, 5.41) is 16.1. The van der Waals surface area contributed by atoms with Gasteiger partial charge in [0.05, 0.1) is 10.0 Å². The molecule has 0 aliphatic carbocycles. The number of carbonyl (C=O) groups excluding carboxylic acids is 1. The van der Waals surface area contributed by atoms with Gasteiger partial charge in [-0.1, -0.05) is 40.5 Å².